The van der Waals surface area contributed by atoms with E-state index in [1.54, 1.807) is 13.0 Å². The van der Waals surface area contributed by atoms with Gasteiger partial charge in [0.15, 0.2) is 5.69 Å². The maximum Gasteiger partial charge on any atom is 0.305 e. The molecule has 0 fully saturated rings. The number of nitrogens with one attached hydrogen (secondary N) is 1. The third-order valence-electron chi connectivity index (χ3n) is 6.25. The second-order valence-electron chi connectivity index (χ2n) is 10.1. The number of carboxylic acids is 1. The summed E-state index contributed by atoms with van der Waals surface area (Å²) in [6.45, 7) is 11.1. The lowest BCUT2D eigenvalue weighted by Crippen LogP contribution is -2.45. The molecule has 2 rings (SSSR count). The van der Waals surface area contributed by atoms with Crippen LogP contribution in [0.15, 0.2) is 30.3 Å². The minimum absolute atomic E-state index is 0.0480. The molecule has 0 aliphatic rings. The summed E-state index contributed by atoms with van der Waals surface area (Å²) in [5.74, 6) is -1.86. The molecule has 1 amide bonds. The summed E-state index contributed by atoms with van der Waals surface area (Å²) in [6.07, 6.45) is 1.13. The van der Waals surface area contributed by atoms with Crippen molar-refractivity contribution in [1.29, 1.82) is 0 Å². The zero-order valence-electron chi connectivity index (χ0n) is 20.8. The van der Waals surface area contributed by atoms with Gasteiger partial charge in [-0.05, 0) is 36.8 Å². The molecular weight excluding hydrogens is 441 g/mol. The largest absolute Gasteiger partial charge is 0.481 e. The van der Waals surface area contributed by atoms with Crippen LogP contribution in [0.2, 0.25) is 0 Å². The van der Waals surface area contributed by atoms with E-state index in [-0.39, 0.29) is 36.2 Å². The first-order valence-electron chi connectivity index (χ1n) is 11.5. The van der Waals surface area contributed by atoms with Crippen molar-refractivity contribution in [2.24, 2.45) is 11.3 Å². The number of rotatable bonds is 11. The molecule has 8 nitrogen and oxygen atoms in total. The van der Waals surface area contributed by atoms with Gasteiger partial charge >= 0.3 is 5.97 Å². The molecule has 9 heteroatoms. The number of hydrogen-bond acceptors (Lipinski definition) is 5. The Morgan fingerprint density at radius 3 is 2.44 bits per heavy atom. The van der Waals surface area contributed by atoms with Gasteiger partial charge in [-0.15, -0.1) is 0 Å². The first-order valence-corrected chi connectivity index (χ1v) is 11.5. The number of aliphatic carboxylic acids is 1. The van der Waals surface area contributed by atoms with Crippen molar-refractivity contribution in [3.63, 3.8) is 0 Å². The summed E-state index contributed by atoms with van der Waals surface area (Å²) in [7, 11) is 0. The van der Waals surface area contributed by atoms with Crippen LogP contribution in [0.4, 0.5) is 4.39 Å². The number of ether oxygens (including phenoxy) is 1. The monoisotopic (exact) mass is 477 g/mol. The highest BCUT2D eigenvalue weighted by Crippen LogP contribution is 2.31. The van der Waals surface area contributed by atoms with E-state index >= 15 is 0 Å². The first-order chi connectivity index (χ1) is 15.7. The molecule has 188 valence electrons. The van der Waals surface area contributed by atoms with Crippen molar-refractivity contribution in [3.05, 3.63) is 41.8 Å². The highest BCUT2D eigenvalue weighted by atomic mass is 19.1. The fourth-order valence-corrected chi connectivity index (χ4v) is 3.12. The summed E-state index contributed by atoms with van der Waals surface area (Å²) >= 11 is 0. The predicted octanol–water partition coefficient (Wildman–Crippen LogP) is 4.20. The van der Waals surface area contributed by atoms with Crippen molar-refractivity contribution >= 4 is 11.9 Å². The van der Waals surface area contributed by atoms with E-state index in [9.17, 15) is 24.2 Å². The van der Waals surface area contributed by atoms with Gasteiger partial charge in [-0.1, -0.05) is 53.2 Å². The number of carbonyl (C=O) groups is 2. The number of halogens is 1. The van der Waals surface area contributed by atoms with Gasteiger partial charge in [0.05, 0.1) is 6.42 Å². The number of para-hydroxylation sites is 1. The third kappa shape index (κ3) is 7.03. The van der Waals surface area contributed by atoms with Gasteiger partial charge in [0.25, 0.3) is 5.91 Å². The Kier molecular flexibility index (Phi) is 8.83. The third-order valence-corrected chi connectivity index (χ3v) is 6.25. The number of carboxylic acid groups (broad SMARTS) is 1. The van der Waals surface area contributed by atoms with Crippen LogP contribution in [-0.2, 0) is 4.79 Å². The van der Waals surface area contributed by atoms with E-state index in [1.807, 2.05) is 34.6 Å². The van der Waals surface area contributed by atoms with Crippen LogP contribution in [0.25, 0.3) is 5.69 Å². The Morgan fingerprint density at radius 2 is 1.88 bits per heavy atom. The van der Waals surface area contributed by atoms with Crippen molar-refractivity contribution in [2.45, 2.75) is 72.4 Å². The molecule has 0 aliphatic heterocycles. The molecule has 0 spiro atoms. The highest BCUT2D eigenvalue weighted by molar-refractivity contribution is 5.93. The van der Waals surface area contributed by atoms with Gasteiger partial charge in [-0.25, -0.2) is 4.39 Å². The summed E-state index contributed by atoms with van der Waals surface area (Å²) in [6, 6.07) is 6.71. The average Bonchev–Trinajstić information content (AvgIpc) is 3.15. The minimum atomic E-state index is -1.22. The molecular formula is C25H36FN3O5. The molecule has 3 unspecified atom stereocenters. The number of amides is 1. The molecule has 3 N–H and O–H groups in total. The number of nitrogens with zero attached hydrogens (tertiary/aromatic N) is 2. The van der Waals surface area contributed by atoms with Crippen LogP contribution in [0.5, 0.6) is 5.88 Å². The maximum atomic E-state index is 14.5. The molecule has 0 aliphatic carbocycles. The van der Waals surface area contributed by atoms with Gasteiger partial charge in [0.2, 0.25) is 5.88 Å². The van der Waals surface area contributed by atoms with E-state index in [4.69, 9.17) is 4.74 Å². The lowest BCUT2D eigenvalue weighted by molar-refractivity contribution is -0.137. The van der Waals surface area contributed by atoms with E-state index in [1.165, 1.54) is 28.9 Å². The maximum absolute atomic E-state index is 14.5. The second kappa shape index (κ2) is 11.0. The van der Waals surface area contributed by atoms with Crippen LogP contribution in [0.1, 0.15) is 71.3 Å². The van der Waals surface area contributed by atoms with Gasteiger partial charge in [0, 0.05) is 12.1 Å². The molecule has 3 atom stereocenters. The van der Waals surface area contributed by atoms with Crippen LogP contribution < -0.4 is 10.1 Å². The molecule has 1 heterocycles. The van der Waals surface area contributed by atoms with Crippen LogP contribution >= 0.6 is 0 Å². The summed E-state index contributed by atoms with van der Waals surface area (Å²) in [5, 5.41) is 27.0. The van der Waals surface area contributed by atoms with E-state index < -0.39 is 34.8 Å². The van der Waals surface area contributed by atoms with Crippen molar-refractivity contribution in [1.82, 2.24) is 15.1 Å². The smallest absolute Gasteiger partial charge is 0.305 e. The lowest BCUT2D eigenvalue weighted by atomic mass is 9.78. The molecule has 1 aromatic carbocycles. The standard InChI is InChI=1S/C25H36FN3O5/c1-7-16(2)12-17(13-22(30)31)27-23(32)19-14-21(34-15-25(6,33)24(3,4)5)29(28-19)20-11-9-8-10-18(20)26/h8-11,14,16-17,33H,7,12-13,15H2,1-6H3,(H,27,32)(H,30,31). The molecule has 2 aromatic rings. The number of benzene rings is 1. The van der Waals surface area contributed by atoms with Crippen molar-refractivity contribution in [3.8, 4) is 11.6 Å². The Bertz CT molecular complexity index is 997. The molecule has 0 saturated heterocycles. The second-order valence-corrected chi connectivity index (χ2v) is 10.1. The van der Waals surface area contributed by atoms with Crippen LogP contribution in [-0.4, -0.2) is 50.1 Å². The van der Waals surface area contributed by atoms with E-state index in [0.717, 1.165) is 6.42 Å². The SMILES string of the molecule is CCC(C)CC(CC(=O)O)NC(=O)c1cc(OCC(C)(O)C(C)(C)C)n(-c2ccccc2F)n1. The number of hydrogen-bond donors (Lipinski definition) is 3. The van der Waals surface area contributed by atoms with Gasteiger partial charge < -0.3 is 20.3 Å². The van der Waals surface area contributed by atoms with Gasteiger partial charge in [-0.3, -0.25) is 9.59 Å². The predicted molar refractivity (Wildman–Crippen MR) is 127 cm³/mol. The van der Waals surface area contributed by atoms with Crippen LogP contribution in [0, 0.1) is 17.2 Å². The molecule has 0 radical (unpaired) electrons. The highest BCUT2D eigenvalue weighted by Gasteiger charge is 2.36. The molecule has 1 aromatic heterocycles. The Hall–Kier alpha value is -2.94. The van der Waals surface area contributed by atoms with E-state index in [0.29, 0.717) is 6.42 Å². The number of aliphatic hydroxyl groups is 1. The van der Waals surface area contributed by atoms with Crippen LogP contribution in [0.3, 0.4) is 0 Å². The molecule has 0 bridgehead atoms. The summed E-state index contributed by atoms with van der Waals surface area (Å²) in [5.41, 5.74) is -1.69. The Labute approximate surface area is 200 Å². The zero-order chi connectivity index (χ0) is 25.7. The lowest BCUT2D eigenvalue weighted by Gasteiger charge is -2.36. The van der Waals surface area contributed by atoms with Gasteiger partial charge in [-0.2, -0.15) is 9.78 Å². The van der Waals surface area contributed by atoms with Gasteiger partial charge in [0.1, 0.15) is 23.7 Å². The van der Waals surface area contributed by atoms with Crippen molar-refractivity contribution in [2.75, 3.05) is 6.61 Å². The Balaban J connectivity index is 2.37. The topological polar surface area (TPSA) is 114 Å². The van der Waals surface area contributed by atoms with Crippen molar-refractivity contribution < 1.29 is 28.9 Å². The molecule has 0 saturated carbocycles. The fourth-order valence-electron chi connectivity index (χ4n) is 3.12. The van der Waals surface area contributed by atoms with E-state index in [2.05, 4.69) is 10.4 Å². The summed E-state index contributed by atoms with van der Waals surface area (Å²) in [4.78, 5) is 24.3. The molecule has 34 heavy (non-hydrogen) atoms. The summed E-state index contributed by atoms with van der Waals surface area (Å²) < 4.78 is 21.5. The first kappa shape index (κ1) is 27.3. The number of carbonyl (C=O) groups excluding carboxylic acids is 1. The fraction of sp³-hybridized carbons (Fsp3) is 0.560. The zero-order valence-corrected chi connectivity index (χ0v) is 20.8. The quantitative estimate of drug-likeness (QED) is 0.447. The number of aromatic nitrogens is 2. The minimum Gasteiger partial charge on any atom is -0.481 e. The normalized spacial score (nSPS) is 15.3. The average molecular weight is 478 g/mol. The Morgan fingerprint density at radius 1 is 1.24 bits per heavy atom.